The van der Waals surface area contributed by atoms with Crippen molar-refractivity contribution in [1.29, 1.82) is 0 Å². The molecule has 0 aliphatic carbocycles. The van der Waals surface area contributed by atoms with Gasteiger partial charge >= 0.3 is 5.97 Å². The fourth-order valence-electron chi connectivity index (χ4n) is 2.28. The minimum Gasteiger partial charge on any atom is -0.494 e. The van der Waals surface area contributed by atoms with E-state index in [1.807, 2.05) is 24.3 Å². The van der Waals surface area contributed by atoms with Crippen molar-refractivity contribution in [1.82, 2.24) is 14.8 Å². The Bertz CT molecular complexity index is 831. The van der Waals surface area contributed by atoms with Gasteiger partial charge in [0.15, 0.2) is 5.82 Å². The molecule has 0 N–H and O–H groups in total. The minimum absolute atomic E-state index is 0.147. The second kappa shape index (κ2) is 9.38. The van der Waals surface area contributed by atoms with Crippen molar-refractivity contribution in [2.45, 2.75) is 13.3 Å². The van der Waals surface area contributed by atoms with Crippen LogP contribution in [0.4, 0.5) is 0 Å². The van der Waals surface area contributed by atoms with Gasteiger partial charge in [0, 0.05) is 18.6 Å². The van der Waals surface area contributed by atoms with Gasteiger partial charge in [0.2, 0.25) is 0 Å². The van der Waals surface area contributed by atoms with Gasteiger partial charge in [-0.25, -0.2) is 14.5 Å². The molecule has 0 fully saturated rings. The van der Waals surface area contributed by atoms with Gasteiger partial charge in [-0.1, -0.05) is 6.92 Å². The Labute approximate surface area is 157 Å². The molecule has 0 bridgehead atoms. The predicted molar refractivity (Wildman–Crippen MR) is 99.4 cm³/mol. The van der Waals surface area contributed by atoms with Gasteiger partial charge in [0.1, 0.15) is 24.7 Å². The Hall–Kier alpha value is -3.35. The zero-order valence-electron chi connectivity index (χ0n) is 15.1. The molecule has 0 amide bonds. The third kappa shape index (κ3) is 5.31. The van der Waals surface area contributed by atoms with E-state index in [1.165, 1.54) is 6.20 Å². The van der Waals surface area contributed by atoms with Crippen molar-refractivity contribution < 1.29 is 19.0 Å². The van der Waals surface area contributed by atoms with Crippen LogP contribution in [0.2, 0.25) is 0 Å². The zero-order chi connectivity index (χ0) is 18.9. The second-order valence-electron chi connectivity index (χ2n) is 5.66. The summed E-state index contributed by atoms with van der Waals surface area (Å²) >= 11 is 0. The molecule has 3 aromatic rings. The first-order valence-electron chi connectivity index (χ1n) is 8.75. The number of aromatic nitrogens is 3. The van der Waals surface area contributed by atoms with Crippen LogP contribution in [-0.2, 0) is 4.74 Å². The normalized spacial score (nSPS) is 10.4. The molecule has 0 aliphatic heterocycles. The van der Waals surface area contributed by atoms with Gasteiger partial charge < -0.3 is 14.2 Å². The molecule has 0 unspecified atom stereocenters. The fourth-order valence-corrected chi connectivity index (χ4v) is 2.28. The number of carbonyl (C=O) groups excluding carboxylic acids is 1. The van der Waals surface area contributed by atoms with Gasteiger partial charge in [0.25, 0.3) is 0 Å². The molecule has 0 radical (unpaired) electrons. The third-order valence-corrected chi connectivity index (χ3v) is 3.60. The van der Waals surface area contributed by atoms with Crippen molar-refractivity contribution >= 4 is 5.97 Å². The van der Waals surface area contributed by atoms with Crippen LogP contribution in [0.25, 0.3) is 5.82 Å². The highest BCUT2D eigenvalue weighted by molar-refractivity contribution is 5.89. The van der Waals surface area contributed by atoms with Crippen LogP contribution in [-0.4, -0.2) is 40.6 Å². The topological polar surface area (TPSA) is 75.5 Å². The lowest BCUT2D eigenvalue weighted by molar-refractivity contribution is 0.0450. The maximum atomic E-state index is 12.0. The fraction of sp³-hybridized carbons (Fsp3) is 0.250. The molecule has 0 saturated carbocycles. The van der Waals surface area contributed by atoms with E-state index in [0.29, 0.717) is 23.7 Å². The Morgan fingerprint density at radius 1 is 1.00 bits per heavy atom. The van der Waals surface area contributed by atoms with E-state index < -0.39 is 5.97 Å². The van der Waals surface area contributed by atoms with E-state index >= 15 is 0 Å². The van der Waals surface area contributed by atoms with Gasteiger partial charge in [-0.3, -0.25) is 0 Å². The van der Waals surface area contributed by atoms with Crippen molar-refractivity contribution in [3.05, 3.63) is 66.6 Å². The Morgan fingerprint density at radius 2 is 1.74 bits per heavy atom. The molecule has 7 heteroatoms. The average molecular weight is 367 g/mol. The average Bonchev–Trinajstić information content (AvgIpc) is 3.25. The standard InChI is InChI=1S/C20H21N3O4/c1-2-12-25-17-5-7-18(8-6-17)26-13-14-27-20(24)16-4-9-19(21-15-16)23-11-3-10-22-23/h3-11,15H,2,12-14H2,1H3. The summed E-state index contributed by atoms with van der Waals surface area (Å²) in [4.78, 5) is 16.2. The molecule has 3 rings (SSSR count). The summed E-state index contributed by atoms with van der Waals surface area (Å²) in [6, 6.07) is 12.5. The second-order valence-corrected chi connectivity index (χ2v) is 5.66. The molecule has 1 aromatic carbocycles. The molecule has 2 aromatic heterocycles. The van der Waals surface area contributed by atoms with Crippen molar-refractivity contribution in [2.75, 3.05) is 19.8 Å². The Kier molecular flexibility index (Phi) is 6.40. The summed E-state index contributed by atoms with van der Waals surface area (Å²) in [6.45, 7) is 3.16. The lowest BCUT2D eigenvalue weighted by Gasteiger charge is -2.09. The molecule has 0 aliphatic rings. The summed E-state index contributed by atoms with van der Waals surface area (Å²) in [5.41, 5.74) is 0.378. The molecule has 7 nitrogen and oxygen atoms in total. The van der Waals surface area contributed by atoms with Crippen LogP contribution < -0.4 is 9.47 Å². The largest absolute Gasteiger partial charge is 0.494 e. The number of carbonyl (C=O) groups is 1. The van der Waals surface area contributed by atoms with Crippen LogP contribution >= 0.6 is 0 Å². The SMILES string of the molecule is CCCOc1ccc(OCCOC(=O)c2ccc(-n3cccn3)nc2)cc1. The van der Waals surface area contributed by atoms with Crippen molar-refractivity contribution in [3.63, 3.8) is 0 Å². The number of pyridine rings is 1. The first kappa shape index (κ1) is 18.4. The number of esters is 1. The van der Waals surface area contributed by atoms with E-state index in [4.69, 9.17) is 14.2 Å². The first-order chi connectivity index (χ1) is 13.3. The van der Waals surface area contributed by atoms with Gasteiger partial charge in [-0.15, -0.1) is 0 Å². The number of rotatable bonds is 9. The van der Waals surface area contributed by atoms with Crippen LogP contribution in [0.3, 0.4) is 0 Å². The lowest BCUT2D eigenvalue weighted by atomic mass is 10.3. The third-order valence-electron chi connectivity index (χ3n) is 3.60. The summed E-state index contributed by atoms with van der Waals surface area (Å²) in [5, 5.41) is 4.08. The summed E-state index contributed by atoms with van der Waals surface area (Å²) in [5.74, 6) is 1.69. The van der Waals surface area contributed by atoms with Crippen LogP contribution in [0, 0.1) is 0 Å². The molecular formula is C20H21N3O4. The summed E-state index contributed by atoms with van der Waals surface area (Å²) < 4.78 is 17.9. The zero-order valence-corrected chi connectivity index (χ0v) is 15.1. The van der Waals surface area contributed by atoms with Gasteiger partial charge in [-0.2, -0.15) is 5.10 Å². The minimum atomic E-state index is -0.443. The van der Waals surface area contributed by atoms with Gasteiger partial charge in [-0.05, 0) is 48.9 Å². The van der Waals surface area contributed by atoms with Crippen LogP contribution in [0.1, 0.15) is 23.7 Å². The molecule has 2 heterocycles. The van der Waals surface area contributed by atoms with E-state index in [-0.39, 0.29) is 13.2 Å². The molecule has 140 valence electrons. The van der Waals surface area contributed by atoms with Crippen LogP contribution in [0.15, 0.2) is 61.1 Å². The van der Waals surface area contributed by atoms with Crippen molar-refractivity contribution in [2.24, 2.45) is 0 Å². The highest BCUT2D eigenvalue weighted by atomic mass is 16.6. The van der Waals surface area contributed by atoms with E-state index in [9.17, 15) is 4.79 Å². The van der Waals surface area contributed by atoms with Gasteiger partial charge in [0.05, 0.1) is 12.2 Å². The summed E-state index contributed by atoms with van der Waals surface area (Å²) in [7, 11) is 0. The summed E-state index contributed by atoms with van der Waals surface area (Å²) in [6.07, 6.45) is 5.87. The number of ether oxygens (including phenoxy) is 3. The molecular weight excluding hydrogens is 346 g/mol. The number of benzene rings is 1. The van der Waals surface area contributed by atoms with E-state index in [1.54, 1.807) is 35.3 Å². The number of hydrogen-bond acceptors (Lipinski definition) is 6. The highest BCUT2D eigenvalue weighted by Crippen LogP contribution is 2.17. The maximum absolute atomic E-state index is 12.0. The van der Waals surface area contributed by atoms with E-state index in [0.717, 1.165) is 12.2 Å². The van der Waals surface area contributed by atoms with Crippen molar-refractivity contribution in [3.8, 4) is 17.3 Å². The number of nitrogens with zero attached hydrogens (tertiary/aromatic N) is 3. The molecule has 27 heavy (non-hydrogen) atoms. The Balaban J connectivity index is 1.41. The smallest absolute Gasteiger partial charge is 0.339 e. The monoisotopic (exact) mass is 367 g/mol. The number of hydrogen-bond donors (Lipinski definition) is 0. The molecule has 0 atom stereocenters. The maximum Gasteiger partial charge on any atom is 0.339 e. The molecule has 0 saturated heterocycles. The predicted octanol–water partition coefficient (Wildman–Crippen LogP) is 3.29. The molecule has 0 spiro atoms. The lowest BCUT2D eigenvalue weighted by Crippen LogP contribution is -2.13. The van der Waals surface area contributed by atoms with E-state index in [2.05, 4.69) is 17.0 Å². The van der Waals surface area contributed by atoms with Crippen LogP contribution in [0.5, 0.6) is 11.5 Å². The quantitative estimate of drug-likeness (QED) is 0.427. The first-order valence-corrected chi connectivity index (χ1v) is 8.75. The highest BCUT2D eigenvalue weighted by Gasteiger charge is 2.08. The Morgan fingerprint density at radius 3 is 2.33 bits per heavy atom.